The van der Waals surface area contributed by atoms with Crippen molar-refractivity contribution in [2.45, 2.75) is 19.4 Å². The van der Waals surface area contributed by atoms with Gasteiger partial charge in [-0.1, -0.05) is 36.4 Å². The molecule has 0 saturated carbocycles. The Labute approximate surface area is 173 Å². The number of allylic oxidation sites excluding steroid dienone is 1. The van der Waals surface area contributed by atoms with E-state index in [1.54, 1.807) is 12.4 Å². The molecule has 0 amide bonds. The molecule has 7 heteroatoms. The predicted molar refractivity (Wildman–Crippen MR) is 113 cm³/mol. The van der Waals surface area contributed by atoms with Crippen LogP contribution in [-0.2, 0) is 19.4 Å². The van der Waals surface area contributed by atoms with Crippen LogP contribution in [0.4, 0.5) is 0 Å². The predicted octanol–water partition coefficient (Wildman–Crippen LogP) is 3.62. The summed E-state index contributed by atoms with van der Waals surface area (Å²) in [7, 11) is 0. The van der Waals surface area contributed by atoms with E-state index in [1.165, 1.54) is 11.9 Å². The third-order valence-corrected chi connectivity index (χ3v) is 4.74. The Morgan fingerprint density at radius 2 is 1.87 bits per heavy atom. The molecular weight excluding hydrogens is 378 g/mol. The lowest BCUT2D eigenvalue weighted by atomic mass is 10.0. The number of aliphatic hydroxyl groups is 1. The number of rotatable bonds is 8. The number of carbonyl (C=O) groups excluding carboxylic acids is 1. The van der Waals surface area contributed by atoms with Crippen LogP contribution in [0.15, 0.2) is 79.5 Å². The van der Waals surface area contributed by atoms with Crippen molar-refractivity contribution in [1.82, 2.24) is 24.7 Å². The number of ketones is 1. The summed E-state index contributed by atoms with van der Waals surface area (Å²) in [6.07, 6.45) is 9.55. The van der Waals surface area contributed by atoms with Crippen LogP contribution in [0.25, 0.3) is 5.76 Å². The first kappa shape index (κ1) is 19.3. The molecule has 0 fully saturated rings. The number of hydrogen-bond acceptors (Lipinski definition) is 5. The summed E-state index contributed by atoms with van der Waals surface area (Å²) in [5, 5.41) is 16.5. The highest BCUT2D eigenvalue weighted by atomic mass is 16.3. The van der Waals surface area contributed by atoms with Gasteiger partial charge in [0.25, 0.3) is 0 Å². The third-order valence-electron chi connectivity index (χ3n) is 4.74. The van der Waals surface area contributed by atoms with E-state index in [9.17, 15) is 9.90 Å². The number of hydrogen-bond donors (Lipinski definition) is 2. The number of carbonyl (C=O) groups is 1. The van der Waals surface area contributed by atoms with Gasteiger partial charge in [0.05, 0.1) is 12.2 Å². The van der Waals surface area contributed by atoms with Gasteiger partial charge < -0.3 is 9.67 Å². The van der Waals surface area contributed by atoms with Crippen LogP contribution in [0.2, 0.25) is 0 Å². The van der Waals surface area contributed by atoms with Crippen molar-refractivity contribution in [1.29, 1.82) is 0 Å². The van der Waals surface area contributed by atoms with Gasteiger partial charge in [-0.25, -0.2) is 4.98 Å². The Balaban J connectivity index is 1.60. The van der Waals surface area contributed by atoms with E-state index in [2.05, 4.69) is 32.3 Å². The quantitative estimate of drug-likeness (QED) is 0.268. The zero-order valence-corrected chi connectivity index (χ0v) is 16.3. The SMILES string of the molecule is O=C(C=C(O)c1nc[nH]n1)c1cn(Cc2ccccn2)cc1CCc1ccccc1. The number of H-pyrrole nitrogens is 1. The molecule has 3 aromatic heterocycles. The van der Waals surface area contributed by atoms with Gasteiger partial charge in [-0.2, -0.15) is 5.10 Å². The maximum absolute atomic E-state index is 12.9. The smallest absolute Gasteiger partial charge is 0.215 e. The van der Waals surface area contributed by atoms with Crippen LogP contribution in [0, 0.1) is 0 Å². The molecule has 0 saturated heterocycles. The van der Waals surface area contributed by atoms with Crippen molar-refractivity contribution in [3.8, 4) is 0 Å². The lowest BCUT2D eigenvalue weighted by Crippen LogP contribution is -2.01. The molecule has 0 spiro atoms. The molecule has 2 N–H and O–H groups in total. The molecule has 0 radical (unpaired) electrons. The van der Waals surface area contributed by atoms with Gasteiger partial charge in [0.15, 0.2) is 11.5 Å². The number of aromatic amines is 1. The second-order valence-corrected chi connectivity index (χ2v) is 6.89. The average molecular weight is 399 g/mol. The zero-order valence-electron chi connectivity index (χ0n) is 16.3. The second-order valence-electron chi connectivity index (χ2n) is 6.89. The molecule has 0 aliphatic rings. The number of aromatic nitrogens is 5. The minimum Gasteiger partial charge on any atom is -0.504 e. The Bertz CT molecular complexity index is 1130. The highest BCUT2D eigenvalue weighted by Gasteiger charge is 2.16. The lowest BCUT2D eigenvalue weighted by Gasteiger charge is -2.03. The van der Waals surface area contributed by atoms with Gasteiger partial charge >= 0.3 is 0 Å². The summed E-state index contributed by atoms with van der Waals surface area (Å²) in [5.41, 5.74) is 3.57. The van der Waals surface area contributed by atoms with E-state index in [0.717, 1.165) is 23.8 Å². The fourth-order valence-electron chi connectivity index (χ4n) is 3.27. The average Bonchev–Trinajstić information content (AvgIpc) is 3.44. The van der Waals surface area contributed by atoms with Crippen molar-refractivity contribution >= 4 is 11.5 Å². The Morgan fingerprint density at radius 3 is 2.60 bits per heavy atom. The lowest BCUT2D eigenvalue weighted by molar-refractivity contribution is 0.104. The topological polar surface area (TPSA) is 96.7 Å². The zero-order chi connectivity index (χ0) is 20.8. The van der Waals surface area contributed by atoms with Crippen molar-refractivity contribution in [2.75, 3.05) is 0 Å². The van der Waals surface area contributed by atoms with E-state index in [0.29, 0.717) is 18.5 Å². The van der Waals surface area contributed by atoms with E-state index >= 15 is 0 Å². The molecule has 1 aromatic carbocycles. The normalized spacial score (nSPS) is 11.5. The fraction of sp³-hybridized carbons (Fsp3) is 0.130. The Kier molecular flexibility index (Phi) is 5.80. The van der Waals surface area contributed by atoms with Gasteiger partial charge in [-0.15, -0.1) is 0 Å². The number of pyridine rings is 1. The van der Waals surface area contributed by atoms with Gasteiger partial charge in [0.1, 0.15) is 6.33 Å². The fourth-order valence-corrected chi connectivity index (χ4v) is 3.27. The van der Waals surface area contributed by atoms with Crippen molar-refractivity contribution in [3.05, 3.63) is 108 Å². The van der Waals surface area contributed by atoms with Crippen LogP contribution >= 0.6 is 0 Å². The molecule has 30 heavy (non-hydrogen) atoms. The molecule has 0 atom stereocenters. The number of aliphatic hydroxyl groups excluding tert-OH is 1. The van der Waals surface area contributed by atoms with E-state index in [-0.39, 0.29) is 17.4 Å². The summed E-state index contributed by atoms with van der Waals surface area (Å²) < 4.78 is 1.95. The van der Waals surface area contributed by atoms with E-state index in [4.69, 9.17) is 0 Å². The maximum atomic E-state index is 12.9. The van der Waals surface area contributed by atoms with Crippen LogP contribution in [0.3, 0.4) is 0 Å². The monoisotopic (exact) mass is 399 g/mol. The first-order valence-corrected chi connectivity index (χ1v) is 9.62. The van der Waals surface area contributed by atoms with Crippen LogP contribution in [0.5, 0.6) is 0 Å². The molecule has 0 aliphatic carbocycles. The molecule has 0 bridgehead atoms. The van der Waals surface area contributed by atoms with Crippen LogP contribution in [-0.4, -0.2) is 35.6 Å². The molecule has 0 unspecified atom stereocenters. The maximum Gasteiger partial charge on any atom is 0.215 e. The summed E-state index contributed by atoms with van der Waals surface area (Å²) >= 11 is 0. The molecule has 7 nitrogen and oxygen atoms in total. The molecule has 0 aliphatic heterocycles. The number of benzene rings is 1. The minimum atomic E-state index is -0.292. The summed E-state index contributed by atoms with van der Waals surface area (Å²) in [4.78, 5) is 21.1. The Hall–Kier alpha value is -4.00. The van der Waals surface area contributed by atoms with Gasteiger partial charge in [-0.05, 0) is 36.1 Å². The minimum absolute atomic E-state index is 0.0853. The van der Waals surface area contributed by atoms with Gasteiger partial charge in [0.2, 0.25) is 5.82 Å². The first-order valence-electron chi connectivity index (χ1n) is 9.62. The van der Waals surface area contributed by atoms with Crippen LogP contribution in [0.1, 0.15) is 33.0 Å². The standard InChI is InChI=1S/C23H21N5O2/c29-21(12-22(30)23-25-16-26-27-23)20-15-28(14-19-8-4-5-11-24-19)13-18(20)10-9-17-6-2-1-3-7-17/h1-8,11-13,15-16,30H,9-10,14H2,(H,25,26,27). The van der Waals surface area contributed by atoms with Crippen molar-refractivity contribution < 1.29 is 9.90 Å². The molecule has 150 valence electrons. The highest BCUT2D eigenvalue weighted by Crippen LogP contribution is 2.18. The van der Waals surface area contributed by atoms with Gasteiger partial charge in [-0.3, -0.25) is 14.9 Å². The largest absolute Gasteiger partial charge is 0.504 e. The van der Waals surface area contributed by atoms with Crippen molar-refractivity contribution in [3.63, 3.8) is 0 Å². The highest BCUT2D eigenvalue weighted by molar-refractivity contribution is 6.08. The number of aryl methyl sites for hydroxylation is 2. The summed E-state index contributed by atoms with van der Waals surface area (Å²) in [6.45, 7) is 0.559. The number of nitrogens with zero attached hydrogens (tertiary/aromatic N) is 4. The molecule has 3 heterocycles. The number of nitrogens with one attached hydrogen (secondary N) is 1. The second kappa shape index (κ2) is 9.00. The molecule has 4 aromatic rings. The van der Waals surface area contributed by atoms with E-state index in [1.807, 2.05) is 47.2 Å². The summed E-state index contributed by atoms with van der Waals surface area (Å²) in [6, 6.07) is 15.9. The summed E-state index contributed by atoms with van der Waals surface area (Å²) in [5.74, 6) is -0.477. The van der Waals surface area contributed by atoms with Gasteiger partial charge in [0, 0.05) is 30.2 Å². The third kappa shape index (κ3) is 4.70. The van der Waals surface area contributed by atoms with E-state index < -0.39 is 0 Å². The first-order chi connectivity index (χ1) is 14.7. The Morgan fingerprint density at radius 1 is 1.03 bits per heavy atom. The molecule has 4 rings (SSSR count). The van der Waals surface area contributed by atoms with Crippen molar-refractivity contribution in [2.24, 2.45) is 0 Å². The molecular formula is C23H21N5O2. The van der Waals surface area contributed by atoms with Crippen LogP contribution < -0.4 is 0 Å².